The molecule has 3 N–H and O–H groups in total. The van der Waals surface area contributed by atoms with Gasteiger partial charge < -0.3 is 34.3 Å². The maximum Gasteiger partial charge on any atom is 0.404 e. The number of aliphatic hydroxyl groups is 1. The third-order valence-corrected chi connectivity index (χ3v) is 7.19. The van der Waals surface area contributed by atoms with Crippen LogP contribution in [0.3, 0.4) is 0 Å². The SMILES string of the molecule is COc1cc(C(=O)N2CCC[C@@H](OC(N)=O)C2)cc2nc(-c3cc4ccccc4n3C[C@H](C)CO)n(C)c12. The zero-order valence-corrected chi connectivity index (χ0v) is 21.9. The summed E-state index contributed by atoms with van der Waals surface area (Å²) < 4.78 is 15.0. The van der Waals surface area contributed by atoms with Crippen molar-refractivity contribution >= 4 is 33.9 Å². The van der Waals surface area contributed by atoms with Crippen molar-refractivity contribution in [3.05, 3.63) is 48.0 Å². The highest BCUT2D eigenvalue weighted by Crippen LogP contribution is 2.35. The first-order chi connectivity index (χ1) is 18.3. The van der Waals surface area contributed by atoms with Crippen molar-refractivity contribution in [2.24, 2.45) is 18.7 Å². The molecule has 10 heteroatoms. The van der Waals surface area contributed by atoms with E-state index < -0.39 is 12.2 Å². The standard InChI is InChI=1S/C28H33N5O5/c1-17(16-34)14-33-22-9-5-4-7-18(22)12-23(33)26-30-21-11-19(13-24(37-3)25(21)31(26)2)27(35)32-10-6-8-20(15-32)38-28(29)36/h4-5,7,9,11-13,17,20,34H,6,8,10,14-16H2,1-3H3,(H2,29,36)/t17-,20+/m0/s1. The first-order valence-electron chi connectivity index (χ1n) is 12.8. The number of hydrogen-bond acceptors (Lipinski definition) is 6. The Kier molecular flexibility index (Phi) is 6.98. The van der Waals surface area contributed by atoms with Crippen molar-refractivity contribution in [2.45, 2.75) is 32.4 Å². The van der Waals surface area contributed by atoms with E-state index in [1.54, 1.807) is 24.1 Å². The van der Waals surface area contributed by atoms with Crippen LogP contribution in [-0.4, -0.2) is 69.0 Å². The second-order valence-corrected chi connectivity index (χ2v) is 9.98. The van der Waals surface area contributed by atoms with Crippen LogP contribution in [0.2, 0.25) is 0 Å². The summed E-state index contributed by atoms with van der Waals surface area (Å²) >= 11 is 0. The summed E-state index contributed by atoms with van der Waals surface area (Å²) in [6.07, 6.45) is 0.134. The van der Waals surface area contributed by atoms with E-state index in [2.05, 4.69) is 22.8 Å². The normalized spacial score (nSPS) is 16.6. The molecule has 2 amide bonds. The second kappa shape index (κ2) is 10.4. The van der Waals surface area contributed by atoms with Gasteiger partial charge in [-0.1, -0.05) is 25.1 Å². The lowest BCUT2D eigenvalue weighted by molar-refractivity contribution is 0.0373. The number of piperidine rings is 1. The highest BCUT2D eigenvalue weighted by Gasteiger charge is 2.28. The Morgan fingerprint density at radius 1 is 1.24 bits per heavy atom. The van der Waals surface area contributed by atoms with Crippen LogP contribution in [-0.2, 0) is 18.3 Å². The molecule has 4 aromatic rings. The lowest BCUT2D eigenvalue weighted by Gasteiger charge is -2.32. The first kappa shape index (κ1) is 25.6. The van der Waals surface area contributed by atoms with Gasteiger partial charge in [0, 0.05) is 43.2 Å². The van der Waals surface area contributed by atoms with Gasteiger partial charge in [0.05, 0.1) is 24.9 Å². The van der Waals surface area contributed by atoms with Crippen LogP contribution < -0.4 is 10.5 Å². The van der Waals surface area contributed by atoms with Gasteiger partial charge in [-0.2, -0.15) is 0 Å². The number of primary amides is 1. The number of imidazole rings is 1. The molecule has 1 fully saturated rings. The molecular weight excluding hydrogens is 486 g/mol. The number of carbonyl (C=O) groups excluding carboxylic acids is 2. The minimum absolute atomic E-state index is 0.0601. The Labute approximate surface area is 220 Å². The number of methoxy groups -OCH3 is 1. The topological polar surface area (TPSA) is 125 Å². The lowest BCUT2D eigenvalue weighted by atomic mass is 10.1. The summed E-state index contributed by atoms with van der Waals surface area (Å²) in [6, 6.07) is 13.8. The smallest absolute Gasteiger partial charge is 0.404 e. The number of aliphatic hydroxyl groups excluding tert-OH is 1. The third kappa shape index (κ3) is 4.67. The number of amides is 2. The summed E-state index contributed by atoms with van der Waals surface area (Å²) in [4.78, 5) is 31.3. The van der Waals surface area contributed by atoms with E-state index in [4.69, 9.17) is 20.2 Å². The van der Waals surface area contributed by atoms with E-state index in [0.29, 0.717) is 49.3 Å². The second-order valence-electron chi connectivity index (χ2n) is 9.98. The van der Waals surface area contributed by atoms with Gasteiger partial charge in [-0.15, -0.1) is 0 Å². The number of fused-ring (bicyclic) bond motifs is 2. The van der Waals surface area contributed by atoms with Gasteiger partial charge in [-0.05, 0) is 43.0 Å². The van der Waals surface area contributed by atoms with Gasteiger partial charge in [-0.3, -0.25) is 4.79 Å². The molecule has 0 unspecified atom stereocenters. The van der Waals surface area contributed by atoms with E-state index in [1.165, 1.54) is 0 Å². The average molecular weight is 520 g/mol. The lowest BCUT2D eigenvalue weighted by Crippen LogP contribution is -2.44. The number of hydrogen-bond donors (Lipinski definition) is 2. The highest BCUT2D eigenvalue weighted by molar-refractivity contribution is 6.00. The molecule has 0 aliphatic carbocycles. The highest BCUT2D eigenvalue weighted by atomic mass is 16.6. The minimum atomic E-state index is -0.834. The molecule has 1 aliphatic heterocycles. The summed E-state index contributed by atoms with van der Waals surface area (Å²) in [5.74, 6) is 1.16. The van der Waals surface area contributed by atoms with Gasteiger partial charge in [0.2, 0.25) is 0 Å². The predicted molar refractivity (Wildman–Crippen MR) is 144 cm³/mol. The molecule has 2 aromatic carbocycles. The third-order valence-electron chi connectivity index (χ3n) is 7.19. The number of nitrogens with two attached hydrogens (primary N) is 1. The number of para-hydroxylation sites is 1. The number of aryl methyl sites for hydroxylation is 1. The molecule has 38 heavy (non-hydrogen) atoms. The molecule has 5 rings (SSSR count). The zero-order chi connectivity index (χ0) is 27.0. The monoisotopic (exact) mass is 519 g/mol. The Bertz CT molecular complexity index is 1510. The van der Waals surface area contributed by atoms with Gasteiger partial charge in [-0.25, -0.2) is 9.78 Å². The summed E-state index contributed by atoms with van der Waals surface area (Å²) in [6.45, 7) is 3.57. The molecule has 0 saturated carbocycles. The number of benzene rings is 2. The number of likely N-dealkylation sites (tertiary alicyclic amines) is 1. The van der Waals surface area contributed by atoms with Gasteiger partial charge >= 0.3 is 6.09 Å². The largest absolute Gasteiger partial charge is 0.494 e. The maximum atomic E-state index is 13.5. The van der Waals surface area contributed by atoms with Crippen molar-refractivity contribution in [1.82, 2.24) is 19.0 Å². The Morgan fingerprint density at radius 2 is 2.03 bits per heavy atom. The van der Waals surface area contributed by atoms with Gasteiger partial charge in [0.25, 0.3) is 5.91 Å². The van der Waals surface area contributed by atoms with Crippen molar-refractivity contribution in [2.75, 3.05) is 26.8 Å². The molecule has 2 aromatic heterocycles. The number of ether oxygens (including phenoxy) is 2. The minimum Gasteiger partial charge on any atom is -0.494 e. The molecule has 3 heterocycles. The molecule has 0 spiro atoms. The number of rotatable bonds is 7. The number of aromatic nitrogens is 3. The molecule has 10 nitrogen and oxygen atoms in total. The van der Waals surface area contributed by atoms with E-state index in [1.807, 2.05) is 30.7 Å². The van der Waals surface area contributed by atoms with Crippen LogP contribution in [0.4, 0.5) is 4.79 Å². The van der Waals surface area contributed by atoms with Crippen LogP contribution in [0.5, 0.6) is 5.75 Å². The van der Waals surface area contributed by atoms with Crippen LogP contribution in [0.1, 0.15) is 30.1 Å². The zero-order valence-electron chi connectivity index (χ0n) is 21.9. The molecule has 1 aliphatic rings. The van der Waals surface area contributed by atoms with Gasteiger partial charge in [0.15, 0.2) is 5.82 Å². The number of carbonyl (C=O) groups is 2. The van der Waals surface area contributed by atoms with E-state index in [-0.39, 0.29) is 18.4 Å². The van der Waals surface area contributed by atoms with E-state index in [0.717, 1.165) is 27.9 Å². The average Bonchev–Trinajstić information content (AvgIpc) is 3.44. The Hall–Kier alpha value is -4.05. The summed E-state index contributed by atoms with van der Waals surface area (Å²) in [5.41, 5.74) is 9.04. The molecule has 1 saturated heterocycles. The Balaban J connectivity index is 1.57. The fourth-order valence-electron chi connectivity index (χ4n) is 5.35. The molecule has 2 atom stereocenters. The molecular formula is C28H33N5O5. The molecule has 0 radical (unpaired) electrons. The van der Waals surface area contributed by atoms with Crippen molar-refractivity contribution < 1.29 is 24.2 Å². The molecule has 200 valence electrons. The first-order valence-corrected chi connectivity index (χ1v) is 12.8. The van der Waals surface area contributed by atoms with Crippen molar-refractivity contribution in [1.29, 1.82) is 0 Å². The number of nitrogens with zero attached hydrogens (tertiary/aromatic N) is 4. The van der Waals surface area contributed by atoms with Crippen molar-refractivity contribution in [3.8, 4) is 17.3 Å². The van der Waals surface area contributed by atoms with Crippen LogP contribution in [0.25, 0.3) is 33.5 Å². The summed E-state index contributed by atoms with van der Waals surface area (Å²) in [5, 5.41) is 10.8. The van der Waals surface area contributed by atoms with E-state index in [9.17, 15) is 14.7 Å². The van der Waals surface area contributed by atoms with Crippen molar-refractivity contribution in [3.63, 3.8) is 0 Å². The molecule has 0 bridgehead atoms. The Morgan fingerprint density at radius 3 is 2.76 bits per heavy atom. The van der Waals surface area contributed by atoms with Crippen LogP contribution in [0.15, 0.2) is 42.5 Å². The fraction of sp³-hybridized carbons (Fsp3) is 0.393. The van der Waals surface area contributed by atoms with E-state index >= 15 is 0 Å². The maximum absolute atomic E-state index is 13.5. The van der Waals surface area contributed by atoms with Gasteiger partial charge in [0.1, 0.15) is 17.4 Å². The summed E-state index contributed by atoms with van der Waals surface area (Å²) in [7, 11) is 3.51. The van der Waals surface area contributed by atoms with Crippen LogP contribution in [0, 0.1) is 5.92 Å². The quantitative estimate of drug-likeness (QED) is 0.385. The van der Waals surface area contributed by atoms with Crippen LogP contribution >= 0.6 is 0 Å². The predicted octanol–water partition coefficient (Wildman–Crippen LogP) is 3.53. The fourth-order valence-corrected chi connectivity index (χ4v) is 5.35.